The molecule has 1 aliphatic heterocycles. The van der Waals surface area contributed by atoms with Crippen LogP contribution < -0.4 is 0 Å². The highest BCUT2D eigenvalue weighted by molar-refractivity contribution is 5.88. The van der Waals surface area contributed by atoms with Crippen LogP contribution in [0.15, 0.2) is 4.99 Å². The van der Waals surface area contributed by atoms with Crippen molar-refractivity contribution < 1.29 is 23.8 Å². The zero-order valence-electron chi connectivity index (χ0n) is 23.3. The molecule has 5 aliphatic rings. The molecule has 36 heavy (non-hydrogen) atoms. The minimum absolute atomic E-state index is 0.0687. The molecule has 0 aromatic carbocycles. The molecule has 0 N–H and O–H groups in total. The Morgan fingerprint density at radius 3 is 2.42 bits per heavy atom. The summed E-state index contributed by atoms with van der Waals surface area (Å²) in [5.74, 6) is 3.91. The molecule has 4 aliphatic carbocycles. The van der Waals surface area contributed by atoms with Crippen molar-refractivity contribution in [2.75, 3.05) is 6.61 Å². The Hall–Kier alpha value is -1.59. The molecule has 10 atom stereocenters. The second-order valence-electron chi connectivity index (χ2n) is 14.0. The maximum atomic E-state index is 11.8. The van der Waals surface area contributed by atoms with Gasteiger partial charge in [0.1, 0.15) is 12.7 Å². The molecule has 0 radical (unpaired) electrons. The van der Waals surface area contributed by atoms with E-state index in [2.05, 4.69) is 27.7 Å². The molecule has 1 heterocycles. The summed E-state index contributed by atoms with van der Waals surface area (Å²) in [7, 11) is 0. The van der Waals surface area contributed by atoms with Gasteiger partial charge in [-0.05, 0) is 106 Å². The lowest BCUT2D eigenvalue weighted by Crippen LogP contribution is -2.61. The topological polar surface area (TPSA) is 74.2 Å². The van der Waals surface area contributed by atoms with Crippen LogP contribution in [-0.2, 0) is 23.8 Å². The molecule has 0 spiro atoms. The number of rotatable bonds is 7. The van der Waals surface area contributed by atoms with Gasteiger partial charge in [0.15, 0.2) is 5.60 Å². The normalized spacial score (nSPS) is 47.9. The predicted octanol–water partition coefficient (Wildman–Crippen LogP) is 5.96. The number of ether oxygens (including phenoxy) is 3. The van der Waals surface area contributed by atoms with Gasteiger partial charge < -0.3 is 14.2 Å². The Kier molecular flexibility index (Phi) is 6.52. The highest BCUT2D eigenvalue weighted by Gasteiger charge is 2.66. The third-order valence-corrected chi connectivity index (χ3v) is 12.0. The van der Waals surface area contributed by atoms with Crippen molar-refractivity contribution >= 4 is 18.8 Å². The molecule has 6 heteroatoms. The summed E-state index contributed by atoms with van der Waals surface area (Å²) >= 11 is 0. The van der Waals surface area contributed by atoms with E-state index in [1.165, 1.54) is 32.1 Å². The number of nitrogens with zero attached hydrogens (tertiary/aromatic N) is 1. The second-order valence-corrected chi connectivity index (χ2v) is 14.0. The van der Waals surface area contributed by atoms with Crippen molar-refractivity contribution in [3.05, 3.63) is 0 Å². The van der Waals surface area contributed by atoms with Gasteiger partial charge in [-0.2, -0.15) is 0 Å². The number of aliphatic imine (C=N–C) groups is 1. The summed E-state index contributed by atoms with van der Waals surface area (Å²) in [6.45, 7) is 15.6. The standard InChI is InChI=1S/C30H47NO5/c1-7-19(2)21-8-9-22-25-23(10-11-29(21,22)6)28(5)12-13-30(36-18-33,26-31-27(3,4)16-34-26)15-20(28)14-24(25)35-17-32/h17-25H,7-16H2,1-6H3/t19-,20-,21-,22?,23?,24+,25?,28+,29-,30-/m1/s1. The summed E-state index contributed by atoms with van der Waals surface area (Å²) < 4.78 is 17.9. The third kappa shape index (κ3) is 3.83. The van der Waals surface area contributed by atoms with Gasteiger partial charge in [-0.25, -0.2) is 4.99 Å². The molecule has 0 bridgehead atoms. The molecule has 0 aromatic rings. The van der Waals surface area contributed by atoms with Crippen molar-refractivity contribution in [2.24, 2.45) is 51.3 Å². The fourth-order valence-corrected chi connectivity index (χ4v) is 9.91. The van der Waals surface area contributed by atoms with Gasteiger partial charge in [0, 0.05) is 5.92 Å². The number of hydrogen-bond acceptors (Lipinski definition) is 6. The van der Waals surface area contributed by atoms with Gasteiger partial charge in [-0.1, -0.05) is 34.1 Å². The third-order valence-electron chi connectivity index (χ3n) is 12.0. The van der Waals surface area contributed by atoms with E-state index < -0.39 is 5.60 Å². The minimum atomic E-state index is -0.809. The molecular formula is C30H47NO5. The van der Waals surface area contributed by atoms with E-state index in [1.807, 2.05) is 13.8 Å². The summed E-state index contributed by atoms with van der Waals surface area (Å²) in [6, 6.07) is 0. The van der Waals surface area contributed by atoms with Crippen molar-refractivity contribution in [1.29, 1.82) is 0 Å². The molecule has 0 saturated heterocycles. The SMILES string of the molecule is CC[C@@H](C)[C@H]1CCC2C3C(CC[C@@]21C)[C@@]1(C)CC[C@](OC=O)(C2=NC(C)(C)CO2)C[C@H]1C[C@@H]3OC=O. The molecular weight excluding hydrogens is 454 g/mol. The molecule has 3 unspecified atom stereocenters. The lowest BCUT2D eigenvalue weighted by atomic mass is 9.43. The van der Waals surface area contributed by atoms with Crippen LogP contribution in [0.1, 0.15) is 99.3 Å². The lowest BCUT2D eigenvalue weighted by Gasteiger charge is -2.63. The average molecular weight is 502 g/mol. The van der Waals surface area contributed by atoms with Crippen LogP contribution in [-0.4, -0.2) is 42.7 Å². The first kappa shape index (κ1) is 26.0. The Labute approximate surface area is 217 Å². The van der Waals surface area contributed by atoms with Gasteiger partial charge in [0.05, 0.1) is 5.54 Å². The van der Waals surface area contributed by atoms with Crippen LogP contribution in [0, 0.1) is 46.3 Å². The Balaban J connectivity index is 1.47. The van der Waals surface area contributed by atoms with E-state index >= 15 is 0 Å². The van der Waals surface area contributed by atoms with Gasteiger partial charge in [0.2, 0.25) is 5.90 Å². The molecule has 6 nitrogen and oxygen atoms in total. The highest BCUT2D eigenvalue weighted by Crippen LogP contribution is 2.69. The van der Waals surface area contributed by atoms with E-state index in [-0.39, 0.29) is 23.0 Å². The monoisotopic (exact) mass is 501 g/mol. The first-order chi connectivity index (χ1) is 17.0. The zero-order chi connectivity index (χ0) is 25.9. The van der Waals surface area contributed by atoms with E-state index in [4.69, 9.17) is 19.2 Å². The van der Waals surface area contributed by atoms with Crippen LogP contribution in [0.5, 0.6) is 0 Å². The van der Waals surface area contributed by atoms with Crippen molar-refractivity contribution in [3.8, 4) is 0 Å². The smallest absolute Gasteiger partial charge is 0.294 e. The maximum absolute atomic E-state index is 11.8. The summed E-state index contributed by atoms with van der Waals surface area (Å²) in [4.78, 5) is 28.3. The van der Waals surface area contributed by atoms with Gasteiger partial charge in [0.25, 0.3) is 12.9 Å². The Bertz CT molecular complexity index is 902. The molecule has 5 rings (SSSR count). The summed E-state index contributed by atoms with van der Waals surface area (Å²) in [5.41, 5.74) is -0.649. The first-order valence-corrected chi connectivity index (χ1v) is 14.5. The molecule has 4 fully saturated rings. The molecule has 202 valence electrons. The predicted molar refractivity (Wildman–Crippen MR) is 138 cm³/mol. The number of carbonyl (C=O) groups excluding carboxylic acids is 2. The quantitative estimate of drug-likeness (QED) is 0.402. The minimum Gasteiger partial charge on any atom is -0.476 e. The van der Waals surface area contributed by atoms with Crippen molar-refractivity contribution in [3.63, 3.8) is 0 Å². The maximum Gasteiger partial charge on any atom is 0.294 e. The van der Waals surface area contributed by atoms with E-state index in [0.717, 1.165) is 31.1 Å². The van der Waals surface area contributed by atoms with Crippen LogP contribution in [0.25, 0.3) is 0 Å². The van der Waals surface area contributed by atoms with Gasteiger partial charge in [-0.3, -0.25) is 9.59 Å². The van der Waals surface area contributed by atoms with Gasteiger partial charge >= 0.3 is 0 Å². The first-order valence-electron chi connectivity index (χ1n) is 14.5. The van der Waals surface area contributed by atoms with E-state index in [9.17, 15) is 9.59 Å². The van der Waals surface area contributed by atoms with Crippen LogP contribution >= 0.6 is 0 Å². The molecule has 4 saturated carbocycles. The fraction of sp³-hybridized carbons (Fsp3) is 0.900. The fourth-order valence-electron chi connectivity index (χ4n) is 9.91. The van der Waals surface area contributed by atoms with Crippen molar-refractivity contribution in [2.45, 2.75) is 117 Å². The second kappa shape index (κ2) is 9.01. The molecule has 0 amide bonds. The van der Waals surface area contributed by atoms with Crippen LogP contribution in [0.2, 0.25) is 0 Å². The van der Waals surface area contributed by atoms with E-state index in [0.29, 0.717) is 55.0 Å². The average Bonchev–Trinajstić information content (AvgIpc) is 3.39. The molecule has 0 aromatic heterocycles. The highest BCUT2D eigenvalue weighted by atomic mass is 16.6. The van der Waals surface area contributed by atoms with Crippen LogP contribution in [0.4, 0.5) is 0 Å². The number of carbonyl (C=O) groups is 2. The van der Waals surface area contributed by atoms with E-state index in [1.54, 1.807) is 0 Å². The largest absolute Gasteiger partial charge is 0.476 e. The number of fused-ring (bicyclic) bond motifs is 5. The summed E-state index contributed by atoms with van der Waals surface area (Å²) in [6.07, 6.45) is 9.42. The van der Waals surface area contributed by atoms with Crippen LogP contribution in [0.3, 0.4) is 0 Å². The Morgan fingerprint density at radius 1 is 1.03 bits per heavy atom. The van der Waals surface area contributed by atoms with Crippen molar-refractivity contribution in [1.82, 2.24) is 0 Å². The Morgan fingerprint density at radius 2 is 1.78 bits per heavy atom. The zero-order valence-corrected chi connectivity index (χ0v) is 23.3. The summed E-state index contributed by atoms with van der Waals surface area (Å²) in [5, 5.41) is 0. The van der Waals surface area contributed by atoms with Gasteiger partial charge in [-0.15, -0.1) is 0 Å². The lowest BCUT2D eigenvalue weighted by molar-refractivity contribution is -0.196. The number of hydrogen-bond donors (Lipinski definition) is 0.